The minimum Gasteiger partial charge on any atom is -0.518 e. The number of halogens is 3. The van der Waals surface area contributed by atoms with Crippen LogP contribution in [-0.4, -0.2) is 7.54 Å². The summed E-state index contributed by atoms with van der Waals surface area (Å²) in [7, 11) is -3.67. The average Bonchev–Trinajstić information content (AvgIpc) is 1.33. The minimum atomic E-state index is -3.67. The molecule has 0 aromatic heterocycles. The molecule has 0 spiro atoms. The van der Waals surface area contributed by atoms with Gasteiger partial charge in [0.05, 0.1) is 0 Å². The van der Waals surface area contributed by atoms with Crippen molar-refractivity contribution in [3.8, 4) is 0 Å². The first-order valence-electron chi connectivity index (χ1n) is 1.57. The molecular formula is C3H5BF3K. The molecule has 0 amide bonds. The number of hydrogen-bond acceptors (Lipinski definition) is 0. The van der Waals surface area contributed by atoms with Crippen LogP contribution in [0.3, 0.4) is 0 Å². The Bertz CT molecular complexity index is 38.8. The fraction of sp³-hybridized carbons (Fsp3) is 0.333. The van der Waals surface area contributed by atoms with Gasteiger partial charge in [0.25, 0.3) is 0 Å². The summed E-state index contributed by atoms with van der Waals surface area (Å²) in [5.41, 5.74) is 0. The fourth-order valence-electron chi connectivity index (χ4n) is 0. The predicted octanol–water partition coefficient (Wildman–Crippen LogP) is -1.12. The van der Waals surface area contributed by atoms with Gasteiger partial charge in [-0.3, -0.25) is 19.0 Å². The van der Waals surface area contributed by atoms with Crippen LogP contribution in [0.15, 0.2) is 6.08 Å². The van der Waals surface area contributed by atoms with Gasteiger partial charge in [0.1, 0.15) is 0 Å². The van der Waals surface area contributed by atoms with Crippen molar-refractivity contribution in [2.75, 3.05) is 0 Å². The Balaban J connectivity index is -0.0000000575. The molecule has 0 heterocycles. The summed E-state index contributed by atoms with van der Waals surface area (Å²) in [5.74, 6) is 0. The van der Waals surface area contributed by atoms with Gasteiger partial charge in [0.15, 0.2) is 0 Å². The smallest absolute Gasteiger partial charge is 0.518 e. The summed E-state index contributed by atoms with van der Waals surface area (Å²) in [5, 5.41) is 0. The van der Waals surface area contributed by atoms with Crippen molar-refractivity contribution in [1.29, 1.82) is 0 Å². The third kappa shape index (κ3) is 185. The summed E-state index contributed by atoms with van der Waals surface area (Å²) < 4.78 is 29.0. The molecule has 0 bridgehead atoms. The maximum absolute atomic E-state index is 9.67. The summed E-state index contributed by atoms with van der Waals surface area (Å²) >= 11 is 0. The molecule has 0 aliphatic heterocycles. The molecule has 0 nitrogen and oxygen atoms in total. The first-order valence-corrected chi connectivity index (χ1v) is 1.57. The van der Waals surface area contributed by atoms with Crippen LogP contribution in [0.1, 0.15) is 6.92 Å². The van der Waals surface area contributed by atoms with Crippen LogP contribution in [0.25, 0.3) is 0 Å². The van der Waals surface area contributed by atoms with Gasteiger partial charge in [0, 0.05) is 0 Å². The first kappa shape index (κ1) is 16.1. The monoisotopic (exact) mass is 148 g/mol. The maximum Gasteiger partial charge on any atom is 1.00 e. The summed E-state index contributed by atoms with van der Waals surface area (Å²) in [6.07, 6.45) is 1.50. The maximum atomic E-state index is 9.67. The Morgan fingerprint density at radius 3 is 1.38 bits per heavy atom. The van der Waals surface area contributed by atoms with Crippen LogP contribution in [0, 0.1) is 6.58 Å². The Hall–Kier alpha value is 1.23. The third-order valence-corrected chi connectivity index (χ3v) is 0. The third-order valence-electron chi connectivity index (χ3n) is 0. The molecule has 0 radical (unpaired) electrons. The Morgan fingerprint density at radius 2 is 1.38 bits per heavy atom. The molecule has 0 saturated carbocycles. The van der Waals surface area contributed by atoms with Crippen molar-refractivity contribution >= 4 is 7.54 Å². The molecular weight excluding hydrogens is 143 g/mol. The van der Waals surface area contributed by atoms with E-state index >= 15 is 0 Å². The quantitative estimate of drug-likeness (QED) is 0.301. The van der Waals surface area contributed by atoms with Crippen molar-refractivity contribution in [1.82, 2.24) is 0 Å². The molecule has 0 saturated heterocycles. The predicted molar refractivity (Wildman–Crippen MR) is 23.6 cm³/mol. The molecule has 0 aromatic rings. The van der Waals surface area contributed by atoms with E-state index in [1.807, 2.05) is 0 Å². The molecule has 0 aliphatic rings. The second-order valence-electron chi connectivity index (χ2n) is 0.581. The van der Waals surface area contributed by atoms with Gasteiger partial charge in [-0.2, -0.15) is 0 Å². The van der Waals surface area contributed by atoms with Crippen molar-refractivity contribution in [2.45, 2.75) is 6.92 Å². The van der Waals surface area contributed by atoms with E-state index in [0.717, 1.165) is 0 Å². The molecule has 0 rings (SSSR count). The second kappa shape index (κ2) is 15.7. The normalized spacial score (nSPS) is 5.00. The van der Waals surface area contributed by atoms with Crippen molar-refractivity contribution in [3.05, 3.63) is 12.7 Å². The van der Waals surface area contributed by atoms with Crippen LogP contribution in [0.4, 0.5) is 12.9 Å². The molecule has 0 fully saturated rings. The van der Waals surface area contributed by atoms with E-state index in [2.05, 4.69) is 0 Å². The van der Waals surface area contributed by atoms with Gasteiger partial charge in [-0.05, 0) is 0 Å². The van der Waals surface area contributed by atoms with Gasteiger partial charge in [-0.25, -0.2) is 0 Å². The number of allylic oxidation sites excluding steroid dienone is 1. The van der Waals surface area contributed by atoms with Gasteiger partial charge in [-0.1, -0.05) is 6.92 Å². The van der Waals surface area contributed by atoms with E-state index in [9.17, 15) is 12.9 Å². The zero-order valence-electron chi connectivity index (χ0n) is 4.87. The summed E-state index contributed by atoms with van der Waals surface area (Å²) in [6, 6.07) is 0. The van der Waals surface area contributed by atoms with E-state index in [4.69, 9.17) is 6.58 Å². The van der Waals surface area contributed by atoms with Gasteiger partial charge >= 0.3 is 58.9 Å². The van der Waals surface area contributed by atoms with Crippen LogP contribution in [0.2, 0.25) is 0 Å². The number of rotatable bonds is 0. The topological polar surface area (TPSA) is 0 Å². The van der Waals surface area contributed by atoms with Gasteiger partial charge < -0.3 is 6.58 Å². The summed E-state index contributed by atoms with van der Waals surface area (Å²) in [6.45, 7) is 6.50. The van der Waals surface area contributed by atoms with Crippen LogP contribution >= 0.6 is 0 Å². The zero-order valence-corrected chi connectivity index (χ0v) is 7.99. The van der Waals surface area contributed by atoms with Crippen molar-refractivity contribution in [3.63, 3.8) is 0 Å². The largest absolute Gasteiger partial charge is 1.00 e. The van der Waals surface area contributed by atoms with E-state index in [1.165, 1.54) is 6.08 Å². The molecule has 0 unspecified atom stereocenters. The molecule has 0 aliphatic carbocycles. The van der Waals surface area contributed by atoms with Crippen LogP contribution in [0.5, 0.6) is 0 Å². The van der Waals surface area contributed by atoms with Gasteiger partial charge in [-0.15, -0.1) is 0 Å². The first-order chi connectivity index (χ1) is 3.15. The number of hydrogen-bond donors (Lipinski definition) is 0. The Morgan fingerprint density at radius 1 is 1.38 bits per heavy atom. The van der Waals surface area contributed by atoms with Gasteiger partial charge in [0.2, 0.25) is 0 Å². The molecule has 0 aromatic carbocycles. The van der Waals surface area contributed by atoms with Crippen LogP contribution in [-0.2, 0) is 0 Å². The van der Waals surface area contributed by atoms with E-state index < -0.39 is 7.54 Å². The SMILES string of the molecule is FB(F)F.[CH-]=CC.[K+]. The molecule has 0 N–H and O–H groups in total. The van der Waals surface area contributed by atoms with E-state index in [0.29, 0.717) is 0 Å². The second-order valence-corrected chi connectivity index (χ2v) is 0.581. The Kier molecular flexibility index (Phi) is 31.7. The van der Waals surface area contributed by atoms with E-state index in [1.54, 1.807) is 6.92 Å². The van der Waals surface area contributed by atoms with Crippen LogP contribution < -0.4 is 51.4 Å². The minimum absolute atomic E-state index is 0. The summed E-state index contributed by atoms with van der Waals surface area (Å²) in [4.78, 5) is 0. The average molecular weight is 148 g/mol. The van der Waals surface area contributed by atoms with E-state index in [-0.39, 0.29) is 51.4 Å². The van der Waals surface area contributed by atoms with Crippen molar-refractivity contribution < 1.29 is 64.3 Å². The molecule has 42 valence electrons. The zero-order chi connectivity index (χ0) is 6.28. The fourth-order valence-corrected chi connectivity index (χ4v) is 0. The molecule has 8 heavy (non-hydrogen) atoms. The Labute approximate surface area is 90.2 Å². The molecule has 5 heteroatoms. The standard InChI is InChI=1S/C3H5.BF3.K/c1-3-2;2-1(3)4;/h1,3H,2H3;;/q-1;;+1. The molecule has 0 atom stereocenters. The van der Waals surface area contributed by atoms with Crippen molar-refractivity contribution in [2.24, 2.45) is 0 Å².